The summed E-state index contributed by atoms with van der Waals surface area (Å²) in [5.41, 5.74) is 3.70. The Kier molecular flexibility index (Phi) is 3.98. The molecule has 0 fully saturated rings. The van der Waals surface area contributed by atoms with E-state index in [0.717, 1.165) is 5.69 Å². The lowest BCUT2D eigenvalue weighted by atomic mass is 9.89. The molecule has 78 valence electrons. The van der Waals surface area contributed by atoms with Crippen LogP contribution in [-0.4, -0.2) is 9.97 Å². The summed E-state index contributed by atoms with van der Waals surface area (Å²) in [6.07, 6.45) is 5.10. The zero-order valence-electron chi connectivity index (χ0n) is 8.94. The van der Waals surface area contributed by atoms with Crippen molar-refractivity contribution in [3.05, 3.63) is 24.3 Å². The SMILES string of the molecule is CC(C)C(C)C(NN)c1cnccn1. The lowest BCUT2D eigenvalue weighted by Gasteiger charge is -2.25. The van der Waals surface area contributed by atoms with Crippen LogP contribution in [0.2, 0.25) is 0 Å². The van der Waals surface area contributed by atoms with Gasteiger partial charge in [0, 0.05) is 12.4 Å². The first kappa shape index (κ1) is 11.1. The molecule has 0 aliphatic rings. The molecule has 0 aliphatic carbocycles. The van der Waals surface area contributed by atoms with Crippen molar-refractivity contribution in [2.45, 2.75) is 26.8 Å². The van der Waals surface area contributed by atoms with Gasteiger partial charge in [-0.15, -0.1) is 0 Å². The molecule has 0 aromatic carbocycles. The Labute approximate surface area is 84.9 Å². The number of aromatic nitrogens is 2. The van der Waals surface area contributed by atoms with Gasteiger partial charge in [-0.3, -0.25) is 21.2 Å². The first-order valence-electron chi connectivity index (χ1n) is 4.88. The number of hydrazine groups is 1. The lowest BCUT2D eigenvalue weighted by molar-refractivity contribution is 0.301. The van der Waals surface area contributed by atoms with E-state index in [0.29, 0.717) is 11.8 Å². The van der Waals surface area contributed by atoms with E-state index in [4.69, 9.17) is 5.84 Å². The minimum atomic E-state index is 0.0729. The van der Waals surface area contributed by atoms with Gasteiger partial charge in [-0.1, -0.05) is 20.8 Å². The van der Waals surface area contributed by atoms with Crippen molar-refractivity contribution in [2.75, 3.05) is 0 Å². The van der Waals surface area contributed by atoms with Crippen LogP contribution in [0.5, 0.6) is 0 Å². The predicted molar refractivity (Wildman–Crippen MR) is 56.1 cm³/mol. The normalized spacial score (nSPS) is 15.5. The van der Waals surface area contributed by atoms with Gasteiger partial charge < -0.3 is 0 Å². The highest BCUT2D eigenvalue weighted by Crippen LogP contribution is 2.24. The predicted octanol–water partition coefficient (Wildman–Crippen LogP) is 1.27. The van der Waals surface area contributed by atoms with Crippen molar-refractivity contribution in [2.24, 2.45) is 17.7 Å². The molecule has 0 saturated carbocycles. The second-order valence-corrected chi connectivity index (χ2v) is 3.88. The molecule has 1 rings (SSSR count). The van der Waals surface area contributed by atoms with E-state index in [1.54, 1.807) is 18.6 Å². The summed E-state index contributed by atoms with van der Waals surface area (Å²) in [4.78, 5) is 8.29. The molecule has 1 aromatic heterocycles. The van der Waals surface area contributed by atoms with E-state index in [-0.39, 0.29) is 6.04 Å². The van der Waals surface area contributed by atoms with Gasteiger partial charge in [-0.25, -0.2) is 0 Å². The van der Waals surface area contributed by atoms with Gasteiger partial charge in [0.05, 0.1) is 17.9 Å². The molecule has 2 unspecified atom stereocenters. The molecule has 4 nitrogen and oxygen atoms in total. The van der Waals surface area contributed by atoms with E-state index in [1.807, 2.05) is 0 Å². The smallest absolute Gasteiger partial charge is 0.0772 e. The average Bonchev–Trinajstić information content (AvgIpc) is 2.20. The zero-order valence-corrected chi connectivity index (χ0v) is 8.94. The van der Waals surface area contributed by atoms with E-state index < -0.39 is 0 Å². The second-order valence-electron chi connectivity index (χ2n) is 3.88. The van der Waals surface area contributed by atoms with Crippen LogP contribution >= 0.6 is 0 Å². The van der Waals surface area contributed by atoms with Gasteiger partial charge in [-0.05, 0) is 11.8 Å². The highest BCUT2D eigenvalue weighted by atomic mass is 15.2. The maximum absolute atomic E-state index is 5.53. The summed E-state index contributed by atoms with van der Waals surface area (Å²) >= 11 is 0. The monoisotopic (exact) mass is 194 g/mol. The molecule has 3 N–H and O–H groups in total. The number of rotatable bonds is 4. The third-order valence-corrected chi connectivity index (χ3v) is 2.66. The third-order valence-electron chi connectivity index (χ3n) is 2.66. The van der Waals surface area contributed by atoms with Crippen LogP contribution in [0.4, 0.5) is 0 Å². The van der Waals surface area contributed by atoms with Crippen molar-refractivity contribution in [3.63, 3.8) is 0 Å². The average molecular weight is 194 g/mol. The summed E-state index contributed by atoms with van der Waals surface area (Å²) in [5, 5.41) is 0. The fourth-order valence-electron chi connectivity index (χ4n) is 1.36. The fraction of sp³-hybridized carbons (Fsp3) is 0.600. The van der Waals surface area contributed by atoms with E-state index in [1.165, 1.54) is 0 Å². The maximum atomic E-state index is 5.53. The molecular weight excluding hydrogens is 176 g/mol. The van der Waals surface area contributed by atoms with E-state index in [2.05, 4.69) is 36.2 Å². The molecule has 2 atom stereocenters. The summed E-state index contributed by atoms with van der Waals surface area (Å²) < 4.78 is 0. The minimum Gasteiger partial charge on any atom is -0.271 e. The number of hydrogen-bond acceptors (Lipinski definition) is 4. The lowest BCUT2D eigenvalue weighted by Crippen LogP contribution is -2.35. The van der Waals surface area contributed by atoms with Crippen LogP contribution in [0.25, 0.3) is 0 Å². The van der Waals surface area contributed by atoms with Gasteiger partial charge in [0.1, 0.15) is 0 Å². The van der Waals surface area contributed by atoms with Crippen molar-refractivity contribution in [1.82, 2.24) is 15.4 Å². The van der Waals surface area contributed by atoms with Gasteiger partial charge in [0.25, 0.3) is 0 Å². The summed E-state index contributed by atoms with van der Waals surface area (Å²) in [6, 6.07) is 0.0729. The summed E-state index contributed by atoms with van der Waals surface area (Å²) in [5.74, 6) is 6.51. The number of nitrogens with two attached hydrogens (primary N) is 1. The molecule has 0 amide bonds. The van der Waals surface area contributed by atoms with Crippen molar-refractivity contribution in [3.8, 4) is 0 Å². The Morgan fingerprint density at radius 2 is 2.00 bits per heavy atom. The quantitative estimate of drug-likeness (QED) is 0.559. The van der Waals surface area contributed by atoms with Gasteiger partial charge >= 0.3 is 0 Å². The van der Waals surface area contributed by atoms with Crippen LogP contribution in [0, 0.1) is 11.8 Å². The third kappa shape index (κ3) is 2.49. The first-order chi connectivity index (χ1) is 6.66. The molecule has 0 spiro atoms. The van der Waals surface area contributed by atoms with Crippen molar-refractivity contribution in [1.29, 1.82) is 0 Å². The molecule has 0 radical (unpaired) electrons. The maximum Gasteiger partial charge on any atom is 0.0772 e. The summed E-state index contributed by atoms with van der Waals surface area (Å²) in [7, 11) is 0. The van der Waals surface area contributed by atoms with Crippen LogP contribution in [0.3, 0.4) is 0 Å². The number of nitrogens with zero attached hydrogens (tertiary/aromatic N) is 2. The molecule has 1 aromatic rings. The van der Waals surface area contributed by atoms with Gasteiger partial charge in [-0.2, -0.15) is 0 Å². The molecular formula is C10H18N4. The van der Waals surface area contributed by atoms with E-state index in [9.17, 15) is 0 Å². The number of nitrogens with one attached hydrogen (secondary N) is 1. The Bertz CT molecular complexity index is 260. The molecule has 0 aliphatic heterocycles. The van der Waals surface area contributed by atoms with Crippen LogP contribution in [0.15, 0.2) is 18.6 Å². The van der Waals surface area contributed by atoms with Crippen molar-refractivity contribution < 1.29 is 0 Å². The topological polar surface area (TPSA) is 63.8 Å². The Morgan fingerprint density at radius 3 is 2.43 bits per heavy atom. The van der Waals surface area contributed by atoms with Gasteiger partial charge in [0.2, 0.25) is 0 Å². The molecule has 1 heterocycles. The second kappa shape index (κ2) is 5.02. The zero-order chi connectivity index (χ0) is 10.6. The molecule has 0 saturated heterocycles. The van der Waals surface area contributed by atoms with Gasteiger partial charge in [0.15, 0.2) is 0 Å². The van der Waals surface area contributed by atoms with Crippen LogP contribution in [0.1, 0.15) is 32.5 Å². The molecule has 0 bridgehead atoms. The molecule has 4 heteroatoms. The minimum absolute atomic E-state index is 0.0729. The number of hydrogen-bond donors (Lipinski definition) is 2. The Hall–Kier alpha value is -1.00. The standard InChI is InChI=1S/C10H18N4/c1-7(2)8(3)10(14-11)9-6-12-4-5-13-9/h4-8,10,14H,11H2,1-3H3. The largest absolute Gasteiger partial charge is 0.271 e. The highest BCUT2D eigenvalue weighted by Gasteiger charge is 2.21. The Balaban J connectivity index is 2.82. The first-order valence-corrected chi connectivity index (χ1v) is 4.88. The van der Waals surface area contributed by atoms with Crippen molar-refractivity contribution >= 4 is 0 Å². The summed E-state index contributed by atoms with van der Waals surface area (Å²) in [6.45, 7) is 6.50. The van der Waals surface area contributed by atoms with Crippen LogP contribution < -0.4 is 11.3 Å². The Morgan fingerprint density at radius 1 is 1.29 bits per heavy atom. The van der Waals surface area contributed by atoms with E-state index >= 15 is 0 Å². The van der Waals surface area contributed by atoms with Crippen LogP contribution in [-0.2, 0) is 0 Å². The fourth-order valence-corrected chi connectivity index (χ4v) is 1.36. The molecule has 14 heavy (non-hydrogen) atoms. The highest BCUT2D eigenvalue weighted by molar-refractivity contribution is 5.03.